The van der Waals surface area contributed by atoms with Crippen molar-refractivity contribution in [2.75, 3.05) is 5.88 Å². The lowest BCUT2D eigenvalue weighted by atomic mass is 9.97. The molecule has 1 heterocycles. The van der Waals surface area contributed by atoms with Gasteiger partial charge in [0.05, 0.1) is 5.01 Å². The van der Waals surface area contributed by atoms with Gasteiger partial charge in [0.1, 0.15) is 0 Å². The lowest BCUT2D eigenvalue weighted by molar-refractivity contribution is 0.582. The third kappa shape index (κ3) is 3.83. The molecule has 1 nitrogen and oxygen atoms in total. The van der Waals surface area contributed by atoms with Gasteiger partial charge >= 0.3 is 0 Å². The molecule has 0 spiro atoms. The van der Waals surface area contributed by atoms with Crippen LogP contribution in [0.15, 0.2) is 35.8 Å². The highest BCUT2D eigenvalue weighted by molar-refractivity contribution is 7.09. The van der Waals surface area contributed by atoms with E-state index in [-0.39, 0.29) is 0 Å². The smallest absolute Gasteiger partial charge is 0.0928 e. The van der Waals surface area contributed by atoms with E-state index in [9.17, 15) is 0 Å². The van der Waals surface area contributed by atoms with Gasteiger partial charge in [-0.3, -0.25) is 0 Å². The van der Waals surface area contributed by atoms with E-state index in [4.69, 9.17) is 11.6 Å². The molecule has 0 bridgehead atoms. The first-order chi connectivity index (χ1) is 8.28. The highest BCUT2D eigenvalue weighted by Gasteiger charge is 2.11. The molecule has 1 unspecified atom stereocenters. The first-order valence-electron chi connectivity index (χ1n) is 5.78. The van der Waals surface area contributed by atoms with E-state index in [2.05, 4.69) is 36.2 Å². The Kier molecular flexibility index (Phi) is 4.57. The van der Waals surface area contributed by atoms with Crippen LogP contribution < -0.4 is 0 Å². The number of nitrogens with zero attached hydrogens (tertiary/aromatic N) is 1. The van der Waals surface area contributed by atoms with Gasteiger partial charge < -0.3 is 0 Å². The molecule has 0 saturated heterocycles. The quantitative estimate of drug-likeness (QED) is 0.742. The fourth-order valence-electron chi connectivity index (χ4n) is 1.95. The van der Waals surface area contributed by atoms with E-state index in [1.807, 2.05) is 11.6 Å². The minimum Gasteiger partial charge on any atom is -0.250 e. The van der Waals surface area contributed by atoms with Crippen LogP contribution in [0.1, 0.15) is 16.1 Å². The molecule has 0 aliphatic carbocycles. The molecule has 2 aromatic rings. The van der Waals surface area contributed by atoms with Crippen LogP contribution in [-0.4, -0.2) is 10.9 Å². The first-order valence-corrected chi connectivity index (χ1v) is 7.19. The fraction of sp³-hybridized carbons (Fsp3) is 0.357. The third-order valence-corrected chi connectivity index (χ3v) is 4.01. The van der Waals surface area contributed by atoms with Crippen LogP contribution in [-0.2, 0) is 12.8 Å². The zero-order valence-corrected chi connectivity index (χ0v) is 11.5. The summed E-state index contributed by atoms with van der Waals surface area (Å²) in [4.78, 5) is 4.32. The summed E-state index contributed by atoms with van der Waals surface area (Å²) in [7, 11) is 0. The van der Waals surface area contributed by atoms with Gasteiger partial charge in [-0.15, -0.1) is 22.9 Å². The molecular weight excluding hydrogens is 250 g/mol. The molecule has 1 aromatic carbocycles. The average Bonchev–Trinajstić information content (AvgIpc) is 2.81. The lowest BCUT2D eigenvalue weighted by Gasteiger charge is -2.12. The Bertz CT molecular complexity index is 453. The SMILES string of the molecule is Cc1cccc(CC(CCl)Cc2nccs2)c1. The van der Waals surface area contributed by atoms with Gasteiger partial charge in [0, 0.05) is 23.9 Å². The van der Waals surface area contributed by atoms with E-state index in [0.717, 1.165) is 12.8 Å². The molecule has 1 aromatic heterocycles. The Balaban J connectivity index is 2.00. The first kappa shape index (κ1) is 12.6. The molecule has 2 rings (SSSR count). The second-order valence-corrected chi connectivity index (χ2v) is 5.63. The number of aryl methyl sites for hydroxylation is 1. The van der Waals surface area contributed by atoms with Crippen LogP contribution >= 0.6 is 22.9 Å². The number of thiazole rings is 1. The van der Waals surface area contributed by atoms with Gasteiger partial charge in [-0.05, 0) is 24.8 Å². The van der Waals surface area contributed by atoms with Crippen molar-refractivity contribution < 1.29 is 0 Å². The highest BCUT2D eigenvalue weighted by atomic mass is 35.5. The van der Waals surface area contributed by atoms with Crippen LogP contribution in [0.3, 0.4) is 0 Å². The summed E-state index contributed by atoms with van der Waals surface area (Å²) >= 11 is 7.76. The molecular formula is C14H16ClNS. The van der Waals surface area contributed by atoms with Crippen LogP contribution in [0.5, 0.6) is 0 Å². The molecule has 90 valence electrons. The third-order valence-electron chi connectivity index (χ3n) is 2.77. The summed E-state index contributed by atoms with van der Waals surface area (Å²) in [6.07, 6.45) is 3.87. The van der Waals surface area contributed by atoms with Gasteiger partial charge in [0.15, 0.2) is 0 Å². The highest BCUT2D eigenvalue weighted by Crippen LogP contribution is 2.18. The average molecular weight is 266 g/mol. The Morgan fingerprint density at radius 2 is 2.24 bits per heavy atom. The molecule has 0 radical (unpaired) electrons. The molecule has 0 saturated carbocycles. The number of benzene rings is 1. The van der Waals surface area contributed by atoms with Gasteiger partial charge in [-0.2, -0.15) is 0 Å². The van der Waals surface area contributed by atoms with Crippen LogP contribution in [0.25, 0.3) is 0 Å². The van der Waals surface area contributed by atoms with Crippen molar-refractivity contribution in [1.82, 2.24) is 4.98 Å². The molecule has 0 aliphatic rings. The van der Waals surface area contributed by atoms with E-state index in [0.29, 0.717) is 11.8 Å². The molecule has 0 aliphatic heterocycles. The summed E-state index contributed by atoms with van der Waals surface area (Å²) in [6.45, 7) is 2.13. The van der Waals surface area contributed by atoms with Gasteiger partial charge in [0.2, 0.25) is 0 Å². The second kappa shape index (κ2) is 6.18. The largest absolute Gasteiger partial charge is 0.250 e. The van der Waals surface area contributed by atoms with Gasteiger partial charge in [0.25, 0.3) is 0 Å². The van der Waals surface area contributed by atoms with Crippen molar-refractivity contribution >= 4 is 22.9 Å². The summed E-state index contributed by atoms with van der Waals surface area (Å²) in [6, 6.07) is 8.65. The van der Waals surface area contributed by atoms with E-state index in [1.165, 1.54) is 16.1 Å². The molecule has 0 amide bonds. The van der Waals surface area contributed by atoms with Crippen molar-refractivity contribution in [3.63, 3.8) is 0 Å². The Hall–Kier alpha value is -0.860. The zero-order chi connectivity index (χ0) is 12.1. The maximum absolute atomic E-state index is 6.05. The maximum atomic E-state index is 6.05. The lowest BCUT2D eigenvalue weighted by Crippen LogP contribution is -2.10. The van der Waals surface area contributed by atoms with Crippen molar-refractivity contribution in [1.29, 1.82) is 0 Å². The number of hydrogen-bond donors (Lipinski definition) is 0. The Morgan fingerprint density at radius 1 is 1.35 bits per heavy atom. The molecule has 0 N–H and O–H groups in total. The summed E-state index contributed by atoms with van der Waals surface area (Å²) < 4.78 is 0. The molecule has 17 heavy (non-hydrogen) atoms. The topological polar surface area (TPSA) is 12.9 Å². The maximum Gasteiger partial charge on any atom is 0.0928 e. The van der Waals surface area contributed by atoms with Gasteiger partial charge in [-0.1, -0.05) is 29.8 Å². The van der Waals surface area contributed by atoms with Crippen LogP contribution in [0.2, 0.25) is 0 Å². The number of hydrogen-bond acceptors (Lipinski definition) is 2. The predicted molar refractivity (Wildman–Crippen MR) is 74.9 cm³/mol. The van der Waals surface area contributed by atoms with E-state index in [1.54, 1.807) is 11.3 Å². The summed E-state index contributed by atoms with van der Waals surface area (Å²) in [5.41, 5.74) is 2.68. The molecule has 1 atom stereocenters. The number of halogens is 1. The number of aromatic nitrogens is 1. The Labute approximate surface area is 111 Å². The van der Waals surface area contributed by atoms with Gasteiger partial charge in [-0.25, -0.2) is 4.98 Å². The van der Waals surface area contributed by atoms with E-state index < -0.39 is 0 Å². The van der Waals surface area contributed by atoms with Crippen LogP contribution in [0.4, 0.5) is 0 Å². The minimum absolute atomic E-state index is 0.476. The van der Waals surface area contributed by atoms with Crippen molar-refractivity contribution in [2.24, 2.45) is 5.92 Å². The predicted octanol–water partition coefficient (Wildman–Crippen LogP) is 4.09. The normalized spacial score (nSPS) is 12.6. The fourth-order valence-corrected chi connectivity index (χ4v) is 2.91. The number of rotatable bonds is 5. The van der Waals surface area contributed by atoms with Crippen LogP contribution in [0, 0.1) is 12.8 Å². The molecule has 0 fully saturated rings. The monoisotopic (exact) mass is 265 g/mol. The van der Waals surface area contributed by atoms with Crippen molar-refractivity contribution in [3.05, 3.63) is 52.0 Å². The minimum atomic E-state index is 0.476. The summed E-state index contributed by atoms with van der Waals surface area (Å²) in [5, 5.41) is 3.20. The standard InChI is InChI=1S/C14H16ClNS/c1-11-3-2-4-12(7-11)8-13(10-15)9-14-16-5-6-17-14/h2-7,13H,8-10H2,1H3. The van der Waals surface area contributed by atoms with Crippen molar-refractivity contribution in [3.8, 4) is 0 Å². The van der Waals surface area contributed by atoms with E-state index >= 15 is 0 Å². The summed E-state index contributed by atoms with van der Waals surface area (Å²) in [5.74, 6) is 1.16. The second-order valence-electron chi connectivity index (χ2n) is 4.34. The molecule has 3 heteroatoms. The van der Waals surface area contributed by atoms with Crippen molar-refractivity contribution in [2.45, 2.75) is 19.8 Å². The number of alkyl halides is 1. The Morgan fingerprint density at radius 3 is 2.88 bits per heavy atom. The zero-order valence-electron chi connectivity index (χ0n) is 9.90.